The van der Waals surface area contributed by atoms with Crippen molar-refractivity contribution < 1.29 is 9.47 Å². The standard InChI is InChI=1S/C14H20BrNO2/c1-3-18-13-8-12(14(13)17-2)16-9-10-5-4-6-11(15)7-10/h4-7,12-14,16H,3,8-9H2,1-2H3. The van der Waals surface area contributed by atoms with Crippen molar-refractivity contribution in [2.45, 2.75) is 38.1 Å². The van der Waals surface area contributed by atoms with Gasteiger partial charge in [0.15, 0.2) is 0 Å². The molecule has 1 fully saturated rings. The highest BCUT2D eigenvalue weighted by Crippen LogP contribution is 2.27. The van der Waals surface area contributed by atoms with Crippen LogP contribution < -0.4 is 5.32 Å². The summed E-state index contributed by atoms with van der Waals surface area (Å²) in [6.07, 6.45) is 1.46. The van der Waals surface area contributed by atoms with Crippen LogP contribution in [0.2, 0.25) is 0 Å². The van der Waals surface area contributed by atoms with E-state index in [1.165, 1.54) is 5.56 Å². The third-order valence-corrected chi connectivity index (χ3v) is 3.85. The summed E-state index contributed by atoms with van der Waals surface area (Å²) < 4.78 is 12.2. The number of halogens is 1. The molecule has 3 unspecified atom stereocenters. The summed E-state index contributed by atoms with van der Waals surface area (Å²) in [5, 5.41) is 3.53. The lowest BCUT2D eigenvalue weighted by atomic mass is 9.85. The van der Waals surface area contributed by atoms with Crippen molar-refractivity contribution >= 4 is 15.9 Å². The summed E-state index contributed by atoms with van der Waals surface area (Å²) in [5.74, 6) is 0. The predicted octanol–water partition coefficient (Wildman–Crippen LogP) is 2.73. The zero-order chi connectivity index (χ0) is 13.0. The van der Waals surface area contributed by atoms with Gasteiger partial charge >= 0.3 is 0 Å². The van der Waals surface area contributed by atoms with E-state index in [0.717, 1.165) is 24.0 Å². The Kier molecular flexibility index (Phi) is 5.18. The Labute approximate surface area is 117 Å². The van der Waals surface area contributed by atoms with E-state index in [0.29, 0.717) is 6.04 Å². The first kappa shape index (κ1) is 14.0. The van der Waals surface area contributed by atoms with Crippen LogP contribution in [0.15, 0.2) is 28.7 Å². The molecule has 100 valence electrons. The molecule has 0 aromatic heterocycles. The van der Waals surface area contributed by atoms with Crippen LogP contribution in [-0.2, 0) is 16.0 Å². The topological polar surface area (TPSA) is 30.5 Å². The number of nitrogens with one attached hydrogen (secondary N) is 1. The van der Waals surface area contributed by atoms with E-state index in [4.69, 9.17) is 9.47 Å². The molecule has 3 atom stereocenters. The van der Waals surface area contributed by atoms with Gasteiger partial charge in [0.2, 0.25) is 0 Å². The van der Waals surface area contributed by atoms with Crippen molar-refractivity contribution in [3.05, 3.63) is 34.3 Å². The van der Waals surface area contributed by atoms with Gasteiger partial charge in [0.1, 0.15) is 0 Å². The van der Waals surface area contributed by atoms with E-state index in [2.05, 4.69) is 39.4 Å². The number of hydrogen-bond donors (Lipinski definition) is 1. The molecular weight excluding hydrogens is 294 g/mol. The first-order chi connectivity index (χ1) is 8.74. The molecule has 1 aromatic rings. The molecule has 1 saturated carbocycles. The number of benzene rings is 1. The van der Waals surface area contributed by atoms with Crippen molar-refractivity contribution in [3.63, 3.8) is 0 Å². The average Bonchev–Trinajstić information content (AvgIpc) is 2.33. The predicted molar refractivity (Wildman–Crippen MR) is 75.6 cm³/mol. The molecule has 2 rings (SSSR count). The third-order valence-electron chi connectivity index (χ3n) is 3.36. The fourth-order valence-corrected chi connectivity index (χ4v) is 2.82. The Balaban J connectivity index is 1.81. The minimum atomic E-state index is 0.178. The molecule has 0 amide bonds. The van der Waals surface area contributed by atoms with Crippen LogP contribution >= 0.6 is 15.9 Å². The van der Waals surface area contributed by atoms with Crippen LogP contribution in [0.1, 0.15) is 18.9 Å². The Morgan fingerprint density at radius 2 is 2.28 bits per heavy atom. The van der Waals surface area contributed by atoms with E-state index in [-0.39, 0.29) is 12.2 Å². The van der Waals surface area contributed by atoms with E-state index < -0.39 is 0 Å². The molecule has 1 aliphatic carbocycles. The number of methoxy groups -OCH3 is 1. The van der Waals surface area contributed by atoms with Gasteiger partial charge in [0.25, 0.3) is 0 Å². The molecule has 4 heteroatoms. The van der Waals surface area contributed by atoms with Crippen molar-refractivity contribution in [2.75, 3.05) is 13.7 Å². The lowest BCUT2D eigenvalue weighted by Crippen LogP contribution is -2.59. The first-order valence-corrected chi connectivity index (χ1v) is 7.16. The van der Waals surface area contributed by atoms with E-state index in [9.17, 15) is 0 Å². The van der Waals surface area contributed by atoms with E-state index >= 15 is 0 Å². The maximum atomic E-state index is 5.61. The average molecular weight is 314 g/mol. The molecule has 18 heavy (non-hydrogen) atoms. The van der Waals surface area contributed by atoms with Gasteiger partial charge in [0, 0.05) is 30.8 Å². The second-order valence-corrected chi connectivity index (χ2v) is 5.46. The van der Waals surface area contributed by atoms with Crippen molar-refractivity contribution in [2.24, 2.45) is 0 Å². The minimum absolute atomic E-state index is 0.178. The maximum absolute atomic E-state index is 5.61. The minimum Gasteiger partial charge on any atom is -0.377 e. The van der Waals surface area contributed by atoms with Crippen molar-refractivity contribution in [1.29, 1.82) is 0 Å². The van der Waals surface area contributed by atoms with Crippen molar-refractivity contribution in [1.82, 2.24) is 5.32 Å². The highest BCUT2D eigenvalue weighted by Gasteiger charge is 2.41. The maximum Gasteiger partial charge on any atom is 0.0986 e. The molecule has 0 saturated heterocycles. The van der Waals surface area contributed by atoms with Crippen LogP contribution in [0.3, 0.4) is 0 Å². The third kappa shape index (κ3) is 3.32. The van der Waals surface area contributed by atoms with Gasteiger partial charge < -0.3 is 14.8 Å². The number of rotatable bonds is 6. The first-order valence-electron chi connectivity index (χ1n) is 6.36. The molecule has 0 spiro atoms. The molecule has 0 heterocycles. The van der Waals surface area contributed by atoms with Crippen LogP contribution in [0.25, 0.3) is 0 Å². The molecule has 3 nitrogen and oxygen atoms in total. The van der Waals surface area contributed by atoms with E-state index in [1.54, 1.807) is 7.11 Å². The van der Waals surface area contributed by atoms with E-state index in [1.807, 2.05) is 13.0 Å². The summed E-state index contributed by atoms with van der Waals surface area (Å²) in [6.45, 7) is 3.64. The Morgan fingerprint density at radius 1 is 1.44 bits per heavy atom. The Bertz CT molecular complexity index is 386. The Hall–Kier alpha value is -0.420. The molecule has 0 aliphatic heterocycles. The van der Waals surface area contributed by atoms with Crippen LogP contribution in [0.5, 0.6) is 0 Å². The largest absolute Gasteiger partial charge is 0.377 e. The fraction of sp³-hybridized carbons (Fsp3) is 0.571. The molecule has 1 N–H and O–H groups in total. The van der Waals surface area contributed by atoms with Crippen molar-refractivity contribution in [3.8, 4) is 0 Å². The van der Waals surface area contributed by atoms with Gasteiger partial charge in [-0.2, -0.15) is 0 Å². The van der Waals surface area contributed by atoms with Gasteiger partial charge in [-0.15, -0.1) is 0 Å². The normalized spacial score (nSPS) is 26.9. The second-order valence-electron chi connectivity index (χ2n) is 4.55. The summed E-state index contributed by atoms with van der Waals surface area (Å²) in [7, 11) is 1.75. The molecule has 1 aliphatic rings. The SMILES string of the molecule is CCOC1CC(NCc2cccc(Br)c2)C1OC. The highest BCUT2D eigenvalue weighted by atomic mass is 79.9. The summed E-state index contributed by atoms with van der Waals surface area (Å²) in [6, 6.07) is 8.74. The molecule has 0 bridgehead atoms. The summed E-state index contributed by atoms with van der Waals surface area (Å²) in [4.78, 5) is 0. The monoisotopic (exact) mass is 313 g/mol. The highest BCUT2D eigenvalue weighted by molar-refractivity contribution is 9.10. The number of hydrogen-bond acceptors (Lipinski definition) is 3. The summed E-state index contributed by atoms with van der Waals surface area (Å²) >= 11 is 3.48. The Morgan fingerprint density at radius 3 is 2.94 bits per heavy atom. The van der Waals surface area contributed by atoms with Crippen LogP contribution in [-0.4, -0.2) is 32.0 Å². The molecule has 0 radical (unpaired) electrons. The van der Waals surface area contributed by atoms with Gasteiger partial charge in [-0.1, -0.05) is 28.1 Å². The fourth-order valence-electron chi connectivity index (χ4n) is 2.37. The van der Waals surface area contributed by atoms with Crippen LogP contribution in [0, 0.1) is 0 Å². The van der Waals surface area contributed by atoms with Gasteiger partial charge in [-0.25, -0.2) is 0 Å². The van der Waals surface area contributed by atoms with Gasteiger partial charge in [0.05, 0.1) is 12.2 Å². The zero-order valence-corrected chi connectivity index (χ0v) is 12.4. The van der Waals surface area contributed by atoms with Gasteiger partial charge in [-0.3, -0.25) is 0 Å². The zero-order valence-electron chi connectivity index (χ0n) is 10.9. The smallest absolute Gasteiger partial charge is 0.0986 e. The van der Waals surface area contributed by atoms with Crippen LogP contribution in [0.4, 0.5) is 0 Å². The molecule has 1 aromatic carbocycles. The number of ether oxygens (including phenoxy) is 2. The summed E-state index contributed by atoms with van der Waals surface area (Å²) in [5.41, 5.74) is 1.28. The van der Waals surface area contributed by atoms with Gasteiger partial charge in [-0.05, 0) is 31.0 Å². The quantitative estimate of drug-likeness (QED) is 0.876. The lowest BCUT2D eigenvalue weighted by molar-refractivity contribution is -0.131. The molecular formula is C14H20BrNO2. The lowest BCUT2D eigenvalue weighted by Gasteiger charge is -2.43. The second kappa shape index (κ2) is 6.66.